The van der Waals surface area contributed by atoms with Crippen molar-refractivity contribution in [2.45, 2.75) is 0 Å². The predicted octanol–water partition coefficient (Wildman–Crippen LogP) is 37.4. The zero-order valence-electron chi connectivity index (χ0n) is 78.5. The summed E-state index contributed by atoms with van der Waals surface area (Å²) < 4.78 is 25.7. The molecule has 5 heterocycles. The van der Waals surface area contributed by atoms with Crippen LogP contribution in [0.1, 0.15) is 0 Å². The second-order valence-corrected chi connectivity index (χ2v) is 36.3. The van der Waals surface area contributed by atoms with Gasteiger partial charge in [-0.2, -0.15) is 0 Å². The van der Waals surface area contributed by atoms with Gasteiger partial charge in [-0.05, 0) is 274 Å². The molecule has 682 valence electrons. The molecule has 0 fully saturated rings. The molecule has 0 aliphatic heterocycles. The highest BCUT2D eigenvalue weighted by Crippen LogP contribution is 2.49. The third kappa shape index (κ3) is 16.5. The first kappa shape index (κ1) is 85.8. The zero-order chi connectivity index (χ0) is 96.0. The highest BCUT2D eigenvalue weighted by atomic mass is 16.4. The van der Waals surface area contributed by atoms with Crippen molar-refractivity contribution in [3.8, 4) is 90.1 Å². The number of aromatic nitrogens is 4. The van der Waals surface area contributed by atoms with Crippen molar-refractivity contribution in [1.82, 2.24) is 19.9 Å². The zero-order valence-corrected chi connectivity index (χ0v) is 78.5. The molecule has 0 unspecified atom stereocenters. The van der Waals surface area contributed by atoms with Gasteiger partial charge in [0.25, 0.3) is 0 Å². The summed E-state index contributed by atoms with van der Waals surface area (Å²) in [6.45, 7) is 0. The number of benzene rings is 23. The molecule has 11 heteroatoms. The van der Waals surface area contributed by atoms with Crippen LogP contribution in [0.2, 0.25) is 0 Å². The molecule has 0 saturated carbocycles. The summed E-state index contributed by atoms with van der Waals surface area (Å²) in [6.07, 6.45) is 1.76. The van der Waals surface area contributed by atoms with Gasteiger partial charge in [0.2, 0.25) is 17.7 Å². The number of oxazole rings is 3. The highest BCUT2D eigenvalue weighted by molar-refractivity contribution is 6.22. The second kappa shape index (κ2) is 37.3. The van der Waals surface area contributed by atoms with Gasteiger partial charge in [-0.1, -0.05) is 352 Å². The molecule has 0 atom stereocenters. The number of pyridine rings is 1. The van der Waals surface area contributed by atoms with Gasteiger partial charge < -0.3 is 32.4 Å². The Morgan fingerprint density at radius 3 is 0.945 bits per heavy atom. The summed E-state index contributed by atoms with van der Waals surface area (Å²) in [5.74, 6) is 1.77. The van der Waals surface area contributed by atoms with Crippen LogP contribution < -0.4 is 14.7 Å². The lowest BCUT2D eigenvalue weighted by Crippen LogP contribution is -2.10. The Balaban J connectivity index is 0.000000111. The minimum absolute atomic E-state index is 0.518. The van der Waals surface area contributed by atoms with E-state index in [-0.39, 0.29) is 0 Å². The molecular formula is C134H87N7O4. The Bertz CT molecular complexity index is 9120. The van der Waals surface area contributed by atoms with E-state index in [1.54, 1.807) is 6.20 Å². The quantitative estimate of drug-likeness (QED) is 0.0812. The average Bonchev–Trinajstić information content (AvgIpc) is 1.67. The molecule has 0 aliphatic carbocycles. The van der Waals surface area contributed by atoms with Gasteiger partial charge >= 0.3 is 0 Å². The molecule has 0 bridgehead atoms. The molecule has 0 saturated heterocycles. The van der Waals surface area contributed by atoms with Crippen molar-refractivity contribution >= 4 is 171 Å². The molecule has 11 nitrogen and oxygen atoms in total. The van der Waals surface area contributed by atoms with Crippen LogP contribution in [0.4, 0.5) is 51.2 Å². The lowest BCUT2D eigenvalue weighted by Gasteiger charge is -2.27. The van der Waals surface area contributed by atoms with E-state index in [1.807, 2.05) is 109 Å². The fourth-order valence-corrected chi connectivity index (χ4v) is 20.4. The Morgan fingerprint density at radius 1 is 0.172 bits per heavy atom. The first-order chi connectivity index (χ1) is 71.8. The number of hydrogen-bond acceptors (Lipinski definition) is 11. The first-order valence-electron chi connectivity index (χ1n) is 48.7. The van der Waals surface area contributed by atoms with E-state index < -0.39 is 0 Å². The monoisotopic (exact) mass is 1860 g/mol. The van der Waals surface area contributed by atoms with Gasteiger partial charge in [-0.3, -0.25) is 4.98 Å². The average molecular weight is 1860 g/mol. The SMILES string of the molecule is c1ccc(-c2ccc(N(c3ccc(-c4ccccc4)cc3)c3ccc4ccc5ccc6nc(-c7ccccc7)oc6c5c4c3)cc2)cc1.c1ccc(-c2ccc(N(c3ccc(-c4ccccc4)cc3)c3ccc4ccc5ccc6oc(-c7ccccn7)nc6c5c4c3)cc2)cc1.c1ccc(-c2cccc(N(c3ccc4ccc5ccc6nc(-c7ccccc7)oc6c5c4c3)c3cccc4oc5ccccc5c34)c2)cc1. The summed E-state index contributed by atoms with van der Waals surface area (Å²) in [7, 11) is 0. The number of para-hydroxylation sites is 1. The summed E-state index contributed by atoms with van der Waals surface area (Å²) in [5.41, 5.74) is 30.6. The van der Waals surface area contributed by atoms with Crippen LogP contribution in [0.25, 0.3) is 210 Å². The van der Waals surface area contributed by atoms with Crippen molar-refractivity contribution in [2.24, 2.45) is 0 Å². The van der Waals surface area contributed by atoms with E-state index in [0.29, 0.717) is 23.4 Å². The third-order valence-electron chi connectivity index (χ3n) is 27.5. The molecule has 23 aromatic carbocycles. The molecule has 0 aliphatic rings. The number of rotatable bonds is 17. The van der Waals surface area contributed by atoms with Gasteiger partial charge in [-0.15, -0.1) is 0 Å². The Labute approximate surface area is 835 Å². The van der Waals surface area contributed by atoms with Crippen molar-refractivity contribution in [3.63, 3.8) is 0 Å². The minimum Gasteiger partial charge on any atom is -0.456 e. The number of furan rings is 1. The third-order valence-corrected chi connectivity index (χ3v) is 27.5. The Kier molecular flexibility index (Phi) is 22.0. The summed E-state index contributed by atoms with van der Waals surface area (Å²) >= 11 is 0. The van der Waals surface area contributed by atoms with Crippen LogP contribution in [-0.2, 0) is 0 Å². The van der Waals surface area contributed by atoms with E-state index in [2.05, 4.69) is 432 Å². The Morgan fingerprint density at radius 2 is 0.503 bits per heavy atom. The normalized spacial score (nSPS) is 11.4. The van der Waals surface area contributed by atoms with E-state index in [0.717, 1.165) is 188 Å². The van der Waals surface area contributed by atoms with Crippen LogP contribution in [-0.4, -0.2) is 19.9 Å². The van der Waals surface area contributed by atoms with Crippen LogP contribution in [0.3, 0.4) is 0 Å². The maximum atomic E-state index is 6.57. The van der Waals surface area contributed by atoms with Crippen molar-refractivity contribution in [3.05, 3.63) is 528 Å². The first-order valence-corrected chi connectivity index (χ1v) is 48.7. The van der Waals surface area contributed by atoms with Gasteiger partial charge in [0, 0.05) is 84.4 Å². The summed E-state index contributed by atoms with van der Waals surface area (Å²) in [6, 6.07) is 183. The van der Waals surface area contributed by atoms with Crippen LogP contribution in [0, 0.1) is 0 Å². The van der Waals surface area contributed by atoms with E-state index in [9.17, 15) is 0 Å². The minimum atomic E-state index is 0.518. The van der Waals surface area contributed by atoms with Crippen LogP contribution >= 0.6 is 0 Å². The number of fused-ring (bicyclic) bond motifs is 18. The number of hydrogen-bond donors (Lipinski definition) is 0. The highest BCUT2D eigenvalue weighted by Gasteiger charge is 2.26. The number of nitrogens with zero attached hydrogens (tertiary/aromatic N) is 7. The molecule has 5 aromatic heterocycles. The molecule has 0 N–H and O–H groups in total. The van der Waals surface area contributed by atoms with Crippen LogP contribution in [0.15, 0.2) is 546 Å². The summed E-state index contributed by atoms with van der Waals surface area (Å²) in [5, 5.41) is 15.4. The van der Waals surface area contributed by atoms with Gasteiger partial charge in [-0.25, -0.2) is 15.0 Å². The molecule has 0 amide bonds. The van der Waals surface area contributed by atoms with E-state index in [1.165, 1.54) is 50.1 Å². The lowest BCUT2D eigenvalue weighted by atomic mass is 9.99. The van der Waals surface area contributed by atoms with Crippen molar-refractivity contribution < 1.29 is 17.7 Å². The van der Waals surface area contributed by atoms with Gasteiger partial charge in [0.05, 0.1) is 11.1 Å². The van der Waals surface area contributed by atoms with Crippen molar-refractivity contribution in [2.75, 3.05) is 14.7 Å². The predicted molar refractivity (Wildman–Crippen MR) is 600 cm³/mol. The summed E-state index contributed by atoms with van der Waals surface area (Å²) in [4.78, 5) is 26.3. The fourth-order valence-electron chi connectivity index (χ4n) is 20.4. The lowest BCUT2D eigenvalue weighted by molar-refractivity contribution is 0.617. The van der Waals surface area contributed by atoms with Gasteiger partial charge in [0.15, 0.2) is 16.7 Å². The molecule has 0 spiro atoms. The number of anilines is 9. The van der Waals surface area contributed by atoms with Crippen LogP contribution in [0.5, 0.6) is 0 Å². The molecular weight excluding hydrogens is 1770 g/mol. The van der Waals surface area contributed by atoms with Gasteiger partial charge in [0.1, 0.15) is 33.4 Å². The van der Waals surface area contributed by atoms with E-state index >= 15 is 0 Å². The molecule has 145 heavy (non-hydrogen) atoms. The fraction of sp³-hybridized carbons (Fsp3) is 0. The molecule has 28 rings (SSSR count). The second-order valence-electron chi connectivity index (χ2n) is 36.3. The maximum absolute atomic E-state index is 6.57. The standard InChI is InChI=1S/C45H28N2O2.C45H30N2O.C44H29N3O/c1-3-11-29(12-4-1)33-15-9-16-34(27-33)47(39-18-10-20-41-43(39)36-17-7-8-19-40(36)48-41)35-25-23-30-21-22-31-24-26-38-44(42(31)37(30)28-35)49-45(46-38)32-13-5-2-6-14-32;1-4-10-31(11-5-1)33-18-24-38(25-19-33)47(39-26-20-34(21-27-39)32-12-6-2-7-13-32)40-28-22-35-16-17-36-23-29-42-44(43(36)41(35)30-40)48-45(46-42)37-14-8-3-9-15-37;1-3-9-30(10-4-1)32-16-22-36(23-17-32)47(37-24-18-33(19-25-37)31-11-5-2-6-12-31)38-26-20-34-14-15-35-21-27-41-43(42(35)39(34)29-38)46-44(48-41)40-13-7-8-28-45-40/h1-28H;1-30H;1-29H. The largest absolute Gasteiger partial charge is 0.456 e. The maximum Gasteiger partial charge on any atom is 0.246 e. The van der Waals surface area contributed by atoms with E-state index in [4.69, 9.17) is 32.6 Å². The Hall–Kier alpha value is -19.6. The molecule has 0 radical (unpaired) electrons. The van der Waals surface area contributed by atoms with Crippen molar-refractivity contribution in [1.29, 1.82) is 0 Å². The molecule has 28 aromatic rings. The topological polar surface area (TPSA) is 114 Å². The smallest absolute Gasteiger partial charge is 0.246 e.